The number of carbonyl (C=O) groups is 2. The molecule has 0 radical (unpaired) electrons. The van der Waals surface area contributed by atoms with E-state index in [1.165, 1.54) is 12.1 Å². The quantitative estimate of drug-likeness (QED) is 0.917. The Balaban J connectivity index is 1.68. The number of benzene rings is 1. The second kappa shape index (κ2) is 6.59. The number of carboxylic acids is 1. The molecule has 1 unspecified atom stereocenters. The Hall–Kier alpha value is -2.44. The molecule has 1 aromatic rings. The van der Waals surface area contributed by atoms with Gasteiger partial charge in [-0.25, -0.2) is 4.39 Å². The van der Waals surface area contributed by atoms with Crippen LogP contribution in [-0.2, 0) is 14.4 Å². The number of hydrogen-bond donors (Lipinski definition) is 1. The van der Waals surface area contributed by atoms with Gasteiger partial charge in [0.15, 0.2) is 0 Å². The van der Waals surface area contributed by atoms with E-state index in [0.29, 0.717) is 30.7 Å². The highest BCUT2D eigenvalue weighted by molar-refractivity contribution is 6.04. The van der Waals surface area contributed by atoms with E-state index in [2.05, 4.69) is 5.16 Å². The highest BCUT2D eigenvalue weighted by Crippen LogP contribution is 2.27. The van der Waals surface area contributed by atoms with E-state index in [4.69, 9.17) is 4.84 Å². The lowest BCUT2D eigenvalue weighted by molar-refractivity contribution is -0.153. The molecule has 1 N–H and O–H groups in total. The van der Waals surface area contributed by atoms with Crippen molar-refractivity contribution < 1.29 is 23.9 Å². The van der Waals surface area contributed by atoms with Crippen LogP contribution in [0.2, 0.25) is 0 Å². The summed E-state index contributed by atoms with van der Waals surface area (Å²) < 4.78 is 13.3. The van der Waals surface area contributed by atoms with Crippen LogP contribution in [-0.4, -0.2) is 46.3 Å². The lowest BCUT2D eigenvalue weighted by atomic mass is 9.89. The third-order valence-corrected chi connectivity index (χ3v) is 4.69. The molecule has 1 saturated heterocycles. The third kappa shape index (κ3) is 3.11. The fourth-order valence-corrected chi connectivity index (χ4v) is 3.32. The van der Waals surface area contributed by atoms with Gasteiger partial charge in [-0.05, 0) is 31.9 Å². The van der Waals surface area contributed by atoms with Crippen molar-refractivity contribution in [2.45, 2.75) is 38.3 Å². The third-order valence-electron chi connectivity index (χ3n) is 4.69. The first-order chi connectivity index (χ1) is 11.5. The van der Waals surface area contributed by atoms with Crippen molar-refractivity contribution in [2.24, 2.45) is 11.1 Å². The first kappa shape index (κ1) is 16.4. The summed E-state index contributed by atoms with van der Waals surface area (Å²) in [6.45, 7) is 2.26. The van der Waals surface area contributed by atoms with Crippen LogP contribution in [0.5, 0.6) is 0 Å². The second-order valence-corrected chi connectivity index (χ2v) is 6.21. The maximum atomic E-state index is 13.3. The molecule has 24 heavy (non-hydrogen) atoms. The van der Waals surface area contributed by atoms with Gasteiger partial charge in [0.1, 0.15) is 5.82 Å². The highest BCUT2D eigenvalue weighted by atomic mass is 19.1. The molecule has 0 spiro atoms. The summed E-state index contributed by atoms with van der Waals surface area (Å²) >= 11 is 0. The van der Waals surface area contributed by atoms with E-state index < -0.39 is 18.0 Å². The zero-order valence-corrected chi connectivity index (χ0v) is 13.3. The number of likely N-dealkylation sites (tertiary alicyclic amines) is 1. The van der Waals surface area contributed by atoms with Crippen LogP contribution < -0.4 is 0 Å². The number of nitrogens with zero attached hydrogens (tertiary/aromatic N) is 2. The summed E-state index contributed by atoms with van der Waals surface area (Å²) in [5, 5.41) is 13.2. The molecule has 2 heterocycles. The van der Waals surface area contributed by atoms with E-state index in [-0.39, 0.29) is 24.2 Å². The maximum Gasteiger partial charge on any atom is 0.308 e. The minimum absolute atomic E-state index is 0.253. The fraction of sp³-hybridized carbons (Fsp3) is 0.471. The van der Waals surface area contributed by atoms with Gasteiger partial charge in [-0.15, -0.1) is 0 Å². The van der Waals surface area contributed by atoms with Gasteiger partial charge in [-0.1, -0.05) is 17.3 Å². The SMILES string of the molecule is C[C@@H]1[C@H](C(=O)O)CCCN1C(=O)C1CC(c2cccc(F)c2)=NO1. The molecule has 2 aliphatic heterocycles. The molecule has 0 saturated carbocycles. The molecule has 0 aromatic heterocycles. The lowest BCUT2D eigenvalue weighted by Gasteiger charge is -2.38. The van der Waals surface area contributed by atoms with Gasteiger partial charge < -0.3 is 14.8 Å². The topological polar surface area (TPSA) is 79.2 Å². The predicted molar refractivity (Wildman–Crippen MR) is 84.0 cm³/mol. The number of piperidine rings is 1. The van der Waals surface area contributed by atoms with Crippen LogP contribution >= 0.6 is 0 Å². The zero-order valence-electron chi connectivity index (χ0n) is 13.3. The van der Waals surface area contributed by atoms with Crippen LogP contribution in [0.3, 0.4) is 0 Å². The largest absolute Gasteiger partial charge is 0.481 e. The van der Waals surface area contributed by atoms with Gasteiger partial charge in [-0.3, -0.25) is 9.59 Å². The summed E-state index contributed by atoms with van der Waals surface area (Å²) in [6.07, 6.45) is 0.690. The number of carboxylic acid groups (broad SMARTS) is 1. The van der Waals surface area contributed by atoms with E-state index in [1.54, 1.807) is 24.0 Å². The Kier molecular flexibility index (Phi) is 4.51. The Labute approximate surface area is 138 Å². The summed E-state index contributed by atoms with van der Waals surface area (Å²) in [5.41, 5.74) is 1.10. The lowest BCUT2D eigenvalue weighted by Crippen LogP contribution is -2.52. The molecule has 1 aromatic carbocycles. The molecule has 128 valence electrons. The number of oxime groups is 1. The Morgan fingerprint density at radius 1 is 1.42 bits per heavy atom. The number of hydrogen-bond acceptors (Lipinski definition) is 4. The summed E-state index contributed by atoms with van der Waals surface area (Å²) in [5.74, 6) is -2.08. The standard InChI is InChI=1S/C17H19FN2O4/c1-10-13(17(22)23)6-3-7-20(10)16(21)15-9-14(19-24-15)11-4-2-5-12(18)8-11/h2,4-5,8,10,13,15H,3,6-7,9H2,1H3,(H,22,23)/t10-,13-,15?/m1/s1. The molecule has 3 rings (SSSR count). The molecule has 0 bridgehead atoms. The first-order valence-corrected chi connectivity index (χ1v) is 7.99. The average molecular weight is 334 g/mol. The van der Waals surface area contributed by atoms with Crippen molar-refractivity contribution in [3.8, 4) is 0 Å². The van der Waals surface area contributed by atoms with E-state index in [0.717, 1.165) is 0 Å². The van der Waals surface area contributed by atoms with Crippen LogP contribution in [0, 0.1) is 11.7 Å². The van der Waals surface area contributed by atoms with Gasteiger partial charge in [0.2, 0.25) is 6.10 Å². The Morgan fingerprint density at radius 2 is 2.21 bits per heavy atom. The second-order valence-electron chi connectivity index (χ2n) is 6.21. The molecule has 0 aliphatic carbocycles. The van der Waals surface area contributed by atoms with Crippen molar-refractivity contribution in [1.82, 2.24) is 4.90 Å². The monoisotopic (exact) mass is 334 g/mol. The predicted octanol–water partition coefficient (Wildman–Crippen LogP) is 2.03. The number of rotatable bonds is 3. The number of aliphatic carboxylic acids is 1. The van der Waals surface area contributed by atoms with Gasteiger partial charge in [0, 0.05) is 24.6 Å². The van der Waals surface area contributed by atoms with Crippen LogP contribution in [0.25, 0.3) is 0 Å². The van der Waals surface area contributed by atoms with Crippen LogP contribution in [0.4, 0.5) is 4.39 Å². The van der Waals surface area contributed by atoms with Gasteiger partial charge >= 0.3 is 5.97 Å². The maximum absolute atomic E-state index is 13.3. The molecule has 1 fully saturated rings. The fourth-order valence-electron chi connectivity index (χ4n) is 3.32. The average Bonchev–Trinajstić information content (AvgIpc) is 3.04. The smallest absolute Gasteiger partial charge is 0.308 e. The molecule has 1 amide bonds. The van der Waals surface area contributed by atoms with Crippen molar-refractivity contribution in [3.05, 3.63) is 35.6 Å². The molecule has 2 aliphatic rings. The Morgan fingerprint density at radius 3 is 2.92 bits per heavy atom. The summed E-state index contributed by atoms with van der Waals surface area (Å²) in [7, 11) is 0. The van der Waals surface area contributed by atoms with E-state index >= 15 is 0 Å². The van der Waals surface area contributed by atoms with Gasteiger partial charge in [0.05, 0.1) is 11.6 Å². The van der Waals surface area contributed by atoms with Crippen molar-refractivity contribution in [2.75, 3.05) is 6.54 Å². The molecular formula is C17H19FN2O4. The summed E-state index contributed by atoms with van der Waals surface area (Å²) in [4.78, 5) is 30.8. The Bertz CT molecular complexity index is 691. The van der Waals surface area contributed by atoms with Crippen molar-refractivity contribution in [1.29, 1.82) is 0 Å². The molecule has 6 nitrogen and oxygen atoms in total. The van der Waals surface area contributed by atoms with Gasteiger partial charge in [-0.2, -0.15) is 0 Å². The van der Waals surface area contributed by atoms with Crippen molar-refractivity contribution in [3.63, 3.8) is 0 Å². The number of amides is 1. The van der Waals surface area contributed by atoms with Crippen molar-refractivity contribution >= 4 is 17.6 Å². The van der Waals surface area contributed by atoms with Crippen LogP contribution in [0.15, 0.2) is 29.4 Å². The molecular weight excluding hydrogens is 315 g/mol. The van der Waals surface area contributed by atoms with Gasteiger partial charge in [0.25, 0.3) is 5.91 Å². The van der Waals surface area contributed by atoms with Crippen LogP contribution in [0.1, 0.15) is 31.7 Å². The summed E-state index contributed by atoms with van der Waals surface area (Å²) in [6, 6.07) is 5.59. The van der Waals surface area contributed by atoms with E-state index in [1.807, 2.05) is 0 Å². The molecule has 7 heteroatoms. The first-order valence-electron chi connectivity index (χ1n) is 7.99. The minimum Gasteiger partial charge on any atom is -0.481 e. The number of carbonyl (C=O) groups excluding carboxylic acids is 1. The number of halogens is 1. The highest BCUT2D eigenvalue weighted by Gasteiger charge is 2.40. The molecule has 3 atom stereocenters. The van der Waals surface area contributed by atoms with E-state index in [9.17, 15) is 19.1 Å². The minimum atomic E-state index is -0.885. The normalized spacial score (nSPS) is 26.7. The zero-order chi connectivity index (χ0) is 17.3.